The van der Waals surface area contributed by atoms with Crippen LogP contribution in [0, 0.1) is 6.92 Å². The van der Waals surface area contributed by atoms with Crippen molar-refractivity contribution >= 4 is 27.9 Å². The van der Waals surface area contributed by atoms with Gasteiger partial charge in [-0.05, 0) is 31.9 Å². The standard InChI is InChI=1S/C16H18ClN3S/c1-11(9-13-5-3-4-6-14(13)17)18-10-15-12(2)19-16-20(15)7-8-21-16/h3-8,11,18H,9-10H2,1-2H3. The molecule has 0 bridgehead atoms. The second kappa shape index (κ2) is 6.18. The van der Waals surface area contributed by atoms with Crippen LogP contribution in [-0.4, -0.2) is 15.4 Å². The Hall–Kier alpha value is -1.36. The number of hydrogen-bond donors (Lipinski definition) is 1. The first-order valence-corrected chi connectivity index (χ1v) is 8.28. The van der Waals surface area contributed by atoms with Crippen LogP contribution in [0.25, 0.3) is 4.96 Å². The van der Waals surface area contributed by atoms with E-state index in [1.165, 1.54) is 11.3 Å². The highest BCUT2D eigenvalue weighted by Crippen LogP contribution is 2.18. The highest BCUT2D eigenvalue weighted by atomic mass is 35.5. The van der Waals surface area contributed by atoms with Gasteiger partial charge in [0.25, 0.3) is 0 Å². The van der Waals surface area contributed by atoms with E-state index < -0.39 is 0 Å². The quantitative estimate of drug-likeness (QED) is 0.768. The van der Waals surface area contributed by atoms with Crippen LogP contribution in [-0.2, 0) is 13.0 Å². The Morgan fingerprint density at radius 3 is 3.00 bits per heavy atom. The van der Waals surface area contributed by atoms with Gasteiger partial charge in [0.1, 0.15) is 0 Å². The third-order valence-corrected chi connectivity index (χ3v) is 4.79. The number of rotatable bonds is 5. The van der Waals surface area contributed by atoms with Crippen molar-refractivity contribution in [3.05, 3.63) is 57.8 Å². The largest absolute Gasteiger partial charge is 0.308 e. The van der Waals surface area contributed by atoms with E-state index in [-0.39, 0.29) is 0 Å². The molecule has 0 spiro atoms. The molecule has 2 aromatic heterocycles. The van der Waals surface area contributed by atoms with Crippen LogP contribution in [0.15, 0.2) is 35.8 Å². The first kappa shape index (κ1) is 14.6. The normalized spacial score (nSPS) is 12.9. The van der Waals surface area contributed by atoms with Gasteiger partial charge in [-0.25, -0.2) is 4.98 Å². The van der Waals surface area contributed by atoms with Gasteiger partial charge in [-0.15, -0.1) is 11.3 Å². The molecule has 1 N–H and O–H groups in total. The van der Waals surface area contributed by atoms with Crippen LogP contribution >= 0.6 is 22.9 Å². The van der Waals surface area contributed by atoms with Crippen molar-refractivity contribution in [1.29, 1.82) is 0 Å². The number of hydrogen-bond acceptors (Lipinski definition) is 3. The number of thiazole rings is 1. The van der Waals surface area contributed by atoms with Crippen LogP contribution in [0.4, 0.5) is 0 Å². The highest BCUT2D eigenvalue weighted by molar-refractivity contribution is 7.15. The van der Waals surface area contributed by atoms with Crippen molar-refractivity contribution in [1.82, 2.24) is 14.7 Å². The lowest BCUT2D eigenvalue weighted by Crippen LogP contribution is -2.28. The Morgan fingerprint density at radius 1 is 1.38 bits per heavy atom. The van der Waals surface area contributed by atoms with E-state index >= 15 is 0 Å². The topological polar surface area (TPSA) is 29.3 Å². The van der Waals surface area contributed by atoms with E-state index in [9.17, 15) is 0 Å². The molecule has 0 aliphatic carbocycles. The molecule has 3 nitrogen and oxygen atoms in total. The fourth-order valence-electron chi connectivity index (χ4n) is 2.49. The van der Waals surface area contributed by atoms with Gasteiger partial charge in [-0.1, -0.05) is 29.8 Å². The summed E-state index contributed by atoms with van der Waals surface area (Å²) in [6.07, 6.45) is 3.00. The summed E-state index contributed by atoms with van der Waals surface area (Å²) in [5.74, 6) is 0. The smallest absolute Gasteiger partial charge is 0.194 e. The minimum atomic E-state index is 0.355. The van der Waals surface area contributed by atoms with E-state index in [0.29, 0.717) is 6.04 Å². The van der Waals surface area contributed by atoms with Crippen LogP contribution in [0.3, 0.4) is 0 Å². The lowest BCUT2D eigenvalue weighted by molar-refractivity contribution is 0.537. The van der Waals surface area contributed by atoms with Gasteiger partial charge in [0.15, 0.2) is 4.96 Å². The molecule has 0 amide bonds. The predicted octanol–water partition coefficient (Wildman–Crippen LogP) is 4.08. The number of fused-ring (bicyclic) bond motifs is 1. The lowest BCUT2D eigenvalue weighted by Gasteiger charge is -2.14. The molecule has 0 saturated carbocycles. The van der Waals surface area contributed by atoms with Gasteiger partial charge in [0.2, 0.25) is 0 Å². The lowest BCUT2D eigenvalue weighted by atomic mass is 10.1. The van der Waals surface area contributed by atoms with E-state index in [1.807, 2.05) is 18.2 Å². The molecular formula is C16H18ClN3S. The van der Waals surface area contributed by atoms with Crippen LogP contribution < -0.4 is 5.32 Å². The molecule has 0 aliphatic rings. The van der Waals surface area contributed by atoms with Crippen LogP contribution in [0.5, 0.6) is 0 Å². The summed E-state index contributed by atoms with van der Waals surface area (Å²) < 4.78 is 2.16. The van der Waals surface area contributed by atoms with Gasteiger partial charge in [-0.3, -0.25) is 4.40 Å². The molecule has 0 aliphatic heterocycles. The molecule has 0 fully saturated rings. The molecule has 3 aromatic rings. The average molecular weight is 320 g/mol. The van der Waals surface area contributed by atoms with Crippen molar-refractivity contribution in [3.8, 4) is 0 Å². The zero-order valence-corrected chi connectivity index (χ0v) is 13.7. The van der Waals surface area contributed by atoms with Crippen LogP contribution in [0.2, 0.25) is 5.02 Å². The van der Waals surface area contributed by atoms with Crippen LogP contribution in [0.1, 0.15) is 23.9 Å². The Labute approximate surface area is 133 Å². The van der Waals surface area contributed by atoms with E-state index in [2.05, 4.69) is 46.2 Å². The fourth-order valence-corrected chi connectivity index (χ4v) is 3.48. The molecule has 5 heteroatoms. The monoisotopic (exact) mass is 319 g/mol. The van der Waals surface area contributed by atoms with E-state index in [0.717, 1.165) is 28.6 Å². The molecule has 21 heavy (non-hydrogen) atoms. The number of aryl methyl sites for hydroxylation is 1. The summed E-state index contributed by atoms with van der Waals surface area (Å²) in [7, 11) is 0. The number of imidazole rings is 1. The van der Waals surface area contributed by atoms with Crippen molar-refractivity contribution in [2.75, 3.05) is 0 Å². The van der Waals surface area contributed by atoms with Gasteiger partial charge >= 0.3 is 0 Å². The van der Waals surface area contributed by atoms with Gasteiger partial charge in [-0.2, -0.15) is 0 Å². The highest BCUT2D eigenvalue weighted by Gasteiger charge is 2.11. The third kappa shape index (κ3) is 3.12. The second-order valence-electron chi connectivity index (χ2n) is 5.28. The Bertz CT molecular complexity index is 747. The second-order valence-corrected chi connectivity index (χ2v) is 6.56. The number of benzene rings is 1. The zero-order chi connectivity index (χ0) is 14.8. The minimum Gasteiger partial charge on any atom is -0.308 e. The summed E-state index contributed by atoms with van der Waals surface area (Å²) >= 11 is 7.88. The minimum absolute atomic E-state index is 0.355. The van der Waals surface area contributed by atoms with Gasteiger partial charge < -0.3 is 5.32 Å². The molecule has 110 valence electrons. The molecule has 0 radical (unpaired) electrons. The Balaban J connectivity index is 1.66. The first-order chi connectivity index (χ1) is 10.1. The van der Waals surface area contributed by atoms with Crippen molar-refractivity contribution < 1.29 is 0 Å². The van der Waals surface area contributed by atoms with Gasteiger partial charge in [0, 0.05) is 29.2 Å². The predicted molar refractivity (Wildman–Crippen MR) is 89.3 cm³/mol. The van der Waals surface area contributed by atoms with Gasteiger partial charge in [0.05, 0.1) is 11.4 Å². The summed E-state index contributed by atoms with van der Waals surface area (Å²) in [6.45, 7) is 5.06. The summed E-state index contributed by atoms with van der Waals surface area (Å²) in [5.41, 5.74) is 3.52. The molecule has 1 atom stereocenters. The molecule has 3 rings (SSSR count). The maximum Gasteiger partial charge on any atom is 0.194 e. The van der Waals surface area contributed by atoms with E-state index in [1.54, 1.807) is 11.3 Å². The van der Waals surface area contributed by atoms with Crippen molar-refractivity contribution in [3.63, 3.8) is 0 Å². The van der Waals surface area contributed by atoms with E-state index in [4.69, 9.17) is 11.6 Å². The molecule has 2 heterocycles. The molecule has 1 unspecified atom stereocenters. The summed E-state index contributed by atoms with van der Waals surface area (Å²) in [6, 6.07) is 8.38. The molecular weight excluding hydrogens is 302 g/mol. The number of nitrogens with one attached hydrogen (secondary N) is 1. The fraction of sp³-hybridized carbons (Fsp3) is 0.312. The average Bonchev–Trinajstić information content (AvgIpc) is 3.00. The maximum atomic E-state index is 6.22. The first-order valence-electron chi connectivity index (χ1n) is 7.03. The SMILES string of the molecule is Cc1nc2sccn2c1CNC(C)Cc1ccccc1Cl. The third-order valence-electron chi connectivity index (χ3n) is 3.66. The number of nitrogens with zero attached hydrogens (tertiary/aromatic N) is 2. The number of halogens is 1. The Morgan fingerprint density at radius 2 is 2.19 bits per heavy atom. The summed E-state index contributed by atoms with van der Waals surface area (Å²) in [5, 5.41) is 6.48. The maximum absolute atomic E-state index is 6.22. The number of aromatic nitrogens is 2. The Kier molecular flexibility index (Phi) is 4.29. The van der Waals surface area contributed by atoms with Crippen molar-refractivity contribution in [2.24, 2.45) is 0 Å². The van der Waals surface area contributed by atoms with Crippen molar-refractivity contribution in [2.45, 2.75) is 32.9 Å². The molecule has 1 aromatic carbocycles. The molecule has 0 saturated heterocycles. The zero-order valence-electron chi connectivity index (χ0n) is 12.1. The summed E-state index contributed by atoms with van der Waals surface area (Å²) in [4.78, 5) is 5.63.